The molecule has 116 valence electrons. The molecule has 1 amide bonds. The maximum absolute atomic E-state index is 12.3. The second-order valence-electron chi connectivity index (χ2n) is 5.89. The molecule has 2 unspecified atom stereocenters. The van der Waals surface area contributed by atoms with Gasteiger partial charge in [-0.15, -0.1) is 0 Å². The predicted molar refractivity (Wildman–Crippen MR) is 83.9 cm³/mol. The molecule has 0 spiro atoms. The molecule has 6 heteroatoms. The highest BCUT2D eigenvalue weighted by molar-refractivity contribution is 6.33. The zero-order chi connectivity index (χ0) is 15.6. The highest BCUT2D eigenvalue weighted by Gasteiger charge is 2.49. The van der Waals surface area contributed by atoms with Crippen molar-refractivity contribution in [2.45, 2.75) is 39.3 Å². The summed E-state index contributed by atoms with van der Waals surface area (Å²) in [5, 5.41) is 6.52. The Kier molecular flexibility index (Phi) is 4.74. The molecule has 1 aliphatic rings. The van der Waals surface area contributed by atoms with Gasteiger partial charge in [-0.3, -0.25) is 4.79 Å². The fraction of sp³-hybridized carbons (Fsp3) is 0.600. The molecule has 1 aromatic rings. The summed E-state index contributed by atoms with van der Waals surface area (Å²) in [6.45, 7) is 6.88. The number of methoxy groups -OCH3 is 1. The molecule has 0 aliphatic heterocycles. The van der Waals surface area contributed by atoms with Crippen LogP contribution in [0.4, 0.5) is 5.82 Å². The van der Waals surface area contributed by atoms with Crippen molar-refractivity contribution in [3.05, 3.63) is 22.8 Å². The fourth-order valence-corrected chi connectivity index (χ4v) is 2.86. The molecule has 0 aromatic carbocycles. The molecule has 0 saturated heterocycles. The van der Waals surface area contributed by atoms with Crippen LogP contribution >= 0.6 is 11.6 Å². The molecular formula is C15H22ClN3O2. The highest BCUT2D eigenvalue weighted by Crippen LogP contribution is 2.42. The third kappa shape index (κ3) is 3.14. The standard InChI is InChI=1S/C15H22ClN3O2/c1-5-17-13-10(16)6-9(8-18-13)14(20)19-11-7-12(21-4)15(11,2)3/h6,8,11-12H,5,7H2,1-4H3,(H,17,18)(H,19,20). The number of carbonyl (C=O) groups is 1. The Labute approximate surface area is 130 Å². The Morgan fingerprint density at radius 2 is 2.29 bits per heavy atom. The first kappa shape index (κ1) is 16.0. The van der Waals surface area contributed by atoms with Gasteiger partial charge in [0.05, 0.1) is 16.7 Å². The molecule has 0 bridgehead atoms. The van der Waals surface area contributed by atoms with Crippen LogP contribution in [0.5, 0.6) is 0 Å². The molecule has 2 rings (SSSR count). The van der Waals surface area contributed by atoms with Crippen molar-refractivity contribution in [3.63, 3.8) is 0 Å². The number of nitrogens with one attached hydrogen (secondary N) is 2. The second kappa shape index (κ2) is 6.20. The average molecular weight is 312 g/mol. The minimum Gasteiger partial charge on any atom is -0.381 e. The Hall–Kier alpha value is -1.33. The summed E-state index contributed by atoms with van der Waals surface area (Å²) in [6.07, 6.45) is 2.55. The zero-order valence-electron chi connectivity index (χ0n) is 12.9. The smallest absolute Gasteiger partial charge is 0.253 e. The zero-order valence-corrected chi connectivity index (χ0v) is 13.6. The van der Waals surface area contributed by atoms with Gasteiger partial charge in [0.15, 0.2) is 0 Å². The van der Waals surface area contributed by atoms with Gasteiger partial charge in [-0.1, -0.05) is 25.4 Å². The van der Waals surface area contributed by atoms with E-state index in [0.717, 1.165) is 13.0 Å². The summed E-state index contributed by atoms with van der Waals surface area (Å²) in [5.74, 6) is 0.444. The highest BCUT2D eigenvalue weighted by atomic mass is 35.5. The summed E-state index contributed by atoms with van der Waals surface area (Å²) in [4.78, 5) is 16.5. The average Bonchev–Trinajstić information content (AvgIpc) is 2.45. The number of amides is 1. The molecule has 5 nitrogen and oxygen atoms in total. The van der Waals surface area contributed by atoms with Crippen molar-refractivity contribution in [2.75, 3.05) is 19.0 Å². The van der Waals surface area contributed by atoms with E-state index in [4.69, 9.17) is 16.3 Å². The van der Waals surface area contributed by atoms with Gasteiger partial charge in [-0.2, -0.15) is 0 Å². The molecule has 2 atom stereocenters. The topological polar surface area (TPSA) is 63.2 Å². The molecule has 1 fully saturated rings. The van der Waals surface area contributed by atoms with Gasteiger partial charge in [0.1, 0.15) is 5.82 Å². The van der Waals surface area contributed by atoms with E-state index in [1.54, 1.807) is 19.4 Å². The Morgan fingerprint density at radius 3 is 2.81 bits per heavy atom. The SMILES string of the molecule is CCNc1ncc(C(=O)NC2CC(OC)C2(C)C)cc1Cl. The van der Waals surface area contributed by atoms with Crippen LogP contribution in [0, 0.1) is 5.41 Å². The number of ether oxygens (including phenoxy) is 1. The maximum Gasteiger partial charge on any atom is 0.253 e. The Morgan fingerprint density at radius 1 is 1.57 bits per heavy atom. The van der Waals surface area contributed by atoms with Crippen LogP contribution in [0.1, 0.15) is 37.6 Å². The van der Waals surface area contributed by atoms with E-state index in [1.165, 1.54) is 0 Å². The molecule has 1 aromatic heterocycles. The van der Waals surface area contributed by atoms with E-state index >= 15 is 0 Å². The van der Waals surface area contributed by atoms with E-state index in [2.05, 4.69) is 29.5 Å². The first-order chi connectivity index (χ1) is 9.90. The summed E-state index contributed by atoms with van der Waals surface area (Å²) < 4.78 is 5.39. The van der Waals surface area contributed by atoms with Gasteiger partial charge in [-0.25, -0.2) is 4.98 Å². The number of rotatable bonds is 5. The van der Waals surface area contributed by atoms with E-state index in [1.807, 2.05) is 6.92 Å². The van der Waals surface area contributed by atoms with Gasteiger partial charge in [0.25, 0.3) is 5.91 Å². The molecule has 1 heterocycles. The van der Waals surface area contributed by atoms with Gasteiger partial charge >= 0.3 is 0 Å². The van der Waals surface area contributed by atoms with E-state index < -0.39 is 0 Å². The lowest BCUT2D eigenvalue weighted by molar-refractivity contribution is -0.0942. The van der Waals surface area contributed by atoms with Crippen LogP contribution in [-0.4, -0.2) is 36.7 Å². The molecule has 21 heavy (non-hydrogen) atoms. The lowest BCUT2D eigenvalue weighted by atomic mass is 9.64. The molecule has 1 saturated carbocycles. The number of pyridine rings is 1. The minimum atomic E-state index is -0.153. The third-order valence-electron chi connectivity index (χ3n) is 4.22. The van der Waals surface area contributed by atoms with Crippen molar-refractivity contribution in [3.8, 4) is 0 Å². The van der Waals surface area contributed by atoms with Crippen molar-refractivity contribution in [1.29, 1.82) is 0 Å². The van der Waals surface area contributed by atoms with Crippen molar-refractivity contribution < 1.29 is 9.53 Å². The van der Waals surface area contributed by atoms with E-state index in [9.17, 15) is 4.79 Å². The van der Waals surface area contributed by atoms with Gasteiger partial charge in [-0.05, 0) is 19.4 Å². The van der Waals surface area contributed by atoms with Gasteiger partial charge in [0.2, 0.25) is 0 Å². The van der Waals surface area contributed by atoms with Crippen LogP contribution < -0.4 is 10.6 Å². The monoisotopic (exact) mass is 311 g/mol. The van der Waals surface area contributed by atoms with E-state index in [0.29, 0.717) is 16.4 Å². The molecule has 2 N–H and O–H groups in total. The number of aromatic nitrogens is 1. The molecule has 0 radical (unpaired) electrons. The summed E-state index contributed by atoms with van der Waals surface area (Å²) in [7, 11) is 1.70. The summed E-state index contributed by atoms with van der Waals surface area (Å²) >= 11 is 6.11. The van der Waals surface area contributed by atoms with E-state index in [-0.39, 0.29) is 23.5 Å². The Bertz CT molecular complexity index is 534. The Balaban J connectivity index is 2.03. The summed E-state index contributed by atoms with van der Waals surface area (Å²) in [5.41, 5.74) is 0.407. The quantitative estimate of drug-likeness (QED) is 0.877. The summed E-state index contributed by atoms with van der Waals surface area (Å²) in [6, 6.07) is 1.74. The normalized spacial score (nSPS) is 23.3. The number of nitrogens with zero attached hydrogens (tertiary/aromatic N) is 1. The molecular weight excluding hydrogens is 290 g/mol. The van der Waals surface area contributed by atoms with Gasteiger partial charge < -0.3 is 15.4 Å². The van der Waals surface area contributed by atoms with Crippen LogP contribution in [0.25, 0.3) is 0 Å². The lowest BCUT2D eigenvalue weighted by Crippen LogP contribution is -2.61. The fourth-order valence-electron chi connectivity index (χ4n) is 2.63. The largest absolute Gasteiger partial charge is 0.381 e. The first-order valence-electron chi connectivity index (χ1n) is 7.13. The van der Waals surface area contributed by atoms with Crippen LogP contribution in [0.2, 0.25) is 5.02 Å². The molecule has 1 aliphatic carbocycles. The third-order valence-corrected chi connectivity index (χ3v) is 4.50. The van der Waals surface area contributed by atoms with Crippen LogP contribution in [0.3, 0.4) is 0 Å². The van der Waals surface area contributed by atoms with Gasteiger partial charge in [0, 0.05) is 31.3 Å². The minimum absolute atomic E-state index is 0.0641. The van der Waals surface area contributed by atoms with Crippen molar-refractivity contribution in [1.82, 2.24) is 10.3 Å². The maximum atomic E-state index is 12.3. The van der Waals surface area contributed by atoms with Crippen molar-refractivity contribution in [2.24, 2.45) is 5.41 Å². The predicted octanol–water partition coefficient (Wildman–Crippen LogP) is 2.71. The number of hydrogen-bond donors (Lipinski definition) is 2. The lowest BCUT2D eigenvalue weighted by Gasteiger charge is -2.51. The number of carbonyl (C=O) groups excluding carboxylic acids is 1. The number of hydrogen-bond acceptors (Lipinski definition) is 4. The number of anilines is 1. The van der Waals surface area contributed by atoms with Crippen LogP contribution in [-0.2, 0) is 4.74 Å². The van der Waals surface area contributed by atoms with Crippen LogP contribution in [0.15, 0.2) is 12.3 Å². The second-order valence-corrected chi connectivity index (χ2v) is 6.30. The first-order valence-corrected chi connectivity index (χ1v) is 7.51. The number of halogens is 1. The van der Waals surface area contributed by atoms with Crippen molar-refractivity contribution >= 4 is 23.3 Å².